The van der Waals surface area contributed by atoms with E-state index in [4.69, 9.17) is 10.8 Å². The van der Waals surface area contributed by atoms with Gasteiger partial charge in [-0.1, -0.05) is 0 Å². The van der Waals surface area contributed by atoms with Crippen LogP contribution in [0.2, 0.25) is 0 Å². The molecule has 2 heterocycles. The van der Waals surface area contributed by atoms with E-state index in [1.54, 1.807) is 0 Å². The molecule has 0 aliphatic carbocycles. The Bertz CT molecular complexity index is 737. The van der Waals surface area contributed by atoms with Gasteiger partial charge in [0.15, 0.2) is 23.3 Å². The van der Waals surface area contributed by atoms with Crippen molar-refractivity contribution >= 4 is 23.0 Å². The first-order valence-corrected chi connectivity index (χ1v) is 7.99. The van der Waals surface area contributed by atoms with Crippen molar-refractivity contribution in [1.82, 2.24) is 14.9 Å². The van der Waals surface area contributed by atoms with Crippen LogP contribution >= 0.6 is 0 Å². The highest BCUT2D eigenvalue weighted by Gasteiger charge is 2.21. The average Bonchev–Trinajstić information content (AvgIpc) is 2.61. The Labute approximate surface area is 144 Å². The van der Waals surface area contributed by atoms with Crippen LogP contribution in [0.5, 0.6) is 0 Å². The van der Waals surface area contributed by atoms with Crippen LogP contribution in [-0.4, -0.2) is 59.3 Å². The molecule has 134 valence electrons. The minimum atomic E-state index is -0.946. The lowest BCUT2D eigenvalue weighted by Gasteiger charge is -2.35. The molecule has 9 heteroatoms. The Morgan fingerprint density at radius 1 is 1.12 bits per heavy atom. The highest BCUT2D eigenvalue weighted by molar-refractivity contribution is 5.78. The number of aromatic nitrogens is 2. The molecule has 0 spiro atoms. The van der Waals surface area contributed by atoms with Crippen molar-refractivity contribution in [2.75, 3.05) is 55.3 Å². The molecule has 1 aromatic heterocycles. The van der Waals surface area contributed by atoms with E-state index in [2.05, 4.69) is 20.2 Å². The molecule has 1 aliphatic heterocycles. The molecule has 0 unspecified atom stereocenters. The molecule has 0 amide bonds. The van der Waals surface area contributed by atoms with Crippen LogP contribution in [0.25, 0.3) is 0 Å². The van der Waals surface area contributed by atoms with E-state index >= 15 is 0 Å². The number of nitrogen functional groups attached to an aromatic ring is 1. The maximum absolute atomic E-state index is 13.3. The van der Waals surface area contributed by atoms with Crippen molar-refractivity contribution in [3.63, 3.8) is 0 Å². The molecule has 1 aromatic carbocycles. The first-order valence-electron chi connectivity index (χ1n) is 7.99. The normalized spacial score (nSPS) is 15.4. The standard InChI is InChI=1S/C16H20F2N6O/c17-12-2-1-11(9-13(12)18)22-15-14(19)16(21-10-20-15)24-5-3-23(4-6-24)7-8-25/h1-2,9-10,25H,3-8,19H2,(H,20,21,22). The van der Waals surface area contributed by atoms with Gasteiger partial charge in [0.2, 0.25) is 0 Å². The van der Waals surface area contributed by atoms with E-state index in [-0.39, 0.29) is 6.61 Å². The molecule has 1 aliphatic rings. The smallest absolute Gasteiger partial charge is 0.160 e. The van der Waals surface area contributed by atoms with Crippen LogP contribution in [0.3, 0.4) is 0 Å². The number of rotatable bonds is 5. The van der Waals surface area contributed by atoms with Gasteiger partial charge in [-0.15, -0.1) is 0 Å². The van der Waals surface area contributed by atoms with Gasteiger partial charge in [-0.05, 0) is 12.1 Å². The molecule has 1 fully saturated rings. The van der Waals surface area contributed by atoms with Gasteiger partial charge < -0.3 is 21.1 Å². The molecule has 0 radical (unpaired) electrons. The zero-order valence-electron chi connectivity index (χ0n) is 13.6. The second-order valence-electron chi connectivity index (χ2n) is 5.77. The number of piperazine rings is 1. The molecule has 7 nitrogen and oxygen atoms in total. The highest BCUT2D eigenvalue weighted by Crippen LogP contribution is 2.29. The minimum absolute atomic E-state index is 0.137. The molecular formula is C16H20F2N6O. The van der Waals surface area contributed by atoms with E-state index in [0.29, 0.717) is 29.6 Å². The van der Waals surface area contributed by atoms with Gasteiger partial charge in [-0.2, -0.15) is 0 Å². The monoisotopic (exact) mass is 350 g/mol. The number of nitrogens with two attached hydrogens (primary N) is 1. The second-order valence-corrected chi connectivity index (χ2v) is 5.77. The van der Waals surface area contributed by atoms with Crippen molar-refractivity contribution in [2.45, 2.75) is 0 Å². The van der Waals surface area contributed by atoms with E-state index in [1.165, 1.54) is 12.4 Å². The average molecular weight is 350 g/mol. The van der Waals surface area contributed by atoms with Crippen molar-refractivity contribution < 1.29 is 13.9 Å². The highest BCUT2D eigenvalue weighted by atomic mass is 19.2. The maximum atomic E-state index is 13.3. The van der Waals surface area contributed by atoms with E-state index < -0.39 is 11.6 Å². The molecule has 25 heavy (non-hydrogen) atoms. The number of β-amino-alcohol motifs (C(OH)–C–C–N with tert-alkyl or cyclic N) is 1. The number of anilines is 4. The van der Waals surface area contributed by atoms with Crippen molar-refractivity contribution in [3.8, 4) is 0 Å². The lowest BCUT2D eigenvalue weighted by molar-refractivity contribution is 0.188. The van der Waals surface area contributed by atoms with Gasteiger partial charge in [0.05, 0.1) is 6.61 Å². The third-order valence-corrected chi connectivity index (χ3v) is 4.13. The molecule has 4 N–H and O–H groups in total. The van der Waals surface area contributed by atoms with Crippen molar-refractivity contribution in [3.05, 3.63) is 36.2 Å². The number of aliphatic hydroxyl groups is 1. The summed E-state index contributed by atoms with van der Waals surface area (Å²) >= 11 is 0. The molecule has 0 saturated carbocycles. The largest absolute Gasteiger partial charge is 0.395 e. The SMILES string of the molecule is Nc1c(Nc2ccc(F)c(F)c2)ncnc1N1CCN(CCO)CC1. The third kappa shape index (κ3) is 3.94. The van der Waals surface area contributed by atoms with Crippen molar-refractivity contribution in [2.24, 2.45) is 0 Å². The first kappa shape index (κ1) is 17.3. The number of halogens is 2. The zero-order chi connectivity index (χ0) is 17.8. The minimum Gasteiger partial charge on any atom is -0.395 e. The summed E-state index contributed by atoms with van der Waals surface area (Å²) in [5, 5.41) is 11.9. The maximum Gasteiger partial charge on any atom is 0.160 e. The number of nitrogens with zero attached hydrogens (tertiary/aromatic N) is 4. The van der Waals surface area contributed by atoms with E-state index in [1.807, 2.05) is 4.90 Å². The third-order valence-electron chi connectivity index (χ3n) is 4.13. The van der Waals surface area contributed by atoms with Crippen LogP contribution in [0.4, 0.5) is 31.8 Å². The summed E-state index contributed by atoms with van der Waals surface area (Å²) in [6.07, 6.45) is 1.38. The number of nitrogens with one attached hydrogen (secondary N) is 1. The second kappa shape index (κ2) is 7.58. The quantitative estimate of drug-likeness (QED) is 0.746. The fourth-order valence-electron chi connectivity index (χ4n) is 2.77. The molecule has 0 atom stereocenters. The Morgan fingerprint density at radius 2 is 1.88 bits per heavy atom. The Kier molecular flexibility index (Phi) is 5.25. The van der Waals surface area contributed by atoms with Gasteiger partial charge in [0.25, 0.3) is 0 Å². The van der Waals surface area contributed by atoms with Crippen molar-refractivity contribution in [1.29, 1.82) is 0 Å². The molecular weight excluding hydrogens is 330 g/mol. The van der Waals surface area contributed by atoms with Gasteiger partial charge >= 0.3 is 0 Å². The number of hydrogen-bond donors (Lipinski definition) is 3. The summed E-state index contributed by atoms with van der Waals surface area (Å²) in [6.45, 7) is 3.84. The number of aliphatic hydroxyl groups excluding tert-OH is 1. The summed E-state index contributed by atoms with van der Waals surface area (Å²) in [7, 11) is 0. The first-order chi connectivity index (χ1) is 12.1. The molecule has 0 bridgehead atoms. The molecule has 3 rings (SSSR count). The predicted molar refractivity (Wildman–Crippen MR) is 91.8 cm³/mol. The lowest BCUT2D eigenvalue weighted by Crippen LogP contribution is -2.47. The van der Waals surface area contributed by atoms with Gasteiger partial charge in [-0.3, -0.25) is 4.90 Å². The zero-order valence-corrected chi connectivity index (χ0v) is 13.6. The van der Waals surface area contributed by atoms with E-state index in [0.717, 1.165) is 38.3 Å². The van der Waals surface area contributed by atoms with E-state index in [9.17, 15) is 8.78 Å². The molecule has 2 aromatic rings. The Hall–Kier alpha value is -2.52. The van der Waals surface area contributed by atoms with Crippen LogP contribution < -0.4 is 16.0 Å². The van der Waals surface area contributed by atoms with Gasteiger partial charge in [-0.25, -0.2) is 18.7 Å². The van der Waals surface area contributed by atoms with Crippen LogP contribution in [-0.2, 0) is 0 Å². The van der Waals surface area contributed by atoms with Crippen LogP contribution in [0, 0.1) is 11.6 Å². The number of hydrogen-bond acceptors (Lipinski definition) is 7. The Balaban J connectivity index is 1.75. The van der Waals surface area contributed by atoms with Crippen LogP contribution in [0.1, 0.15) is 0 Å². The topological polar surface area (TPSA) is 90.5 Å². The fourth-order valence-corrected chi connectivity index (χ4v) is 2.77. The fraction of sp³-hybridized carbons (Fsp3) is 0.375. The van der Waals surface area contributed by atoms with Gasteiger partial charge in [0.1, 0.15) is 12.0 Å². The number of benzene rings is 1. The predicted octanol–water partition coefficient (Wildman–Crippen LogP) is 1.19. The molecule has 1 saturated heterocycles. The Morgan fingerprint density at radius 3 is 2.56 bits per heavy atom. The summed E-state index contributed by atoms with van der Waals surface area (Å²) in [5.74, 6) is -0.918. The summed E-state index contributed by atoms with van der Waals surface area (Å²) in [4.78, 5) is 12.6. The lowest BCUT2D eigenvalue weighted by atomic mass is 10.2. The summed E-state index contributed by atoms with van der Waals surface area (Å²) < 4.78 is 26.4. The summed E-state index contributed by atoms with van der Waals surface area (Å²) in [5.41, 5.74) is 6.87. The summed E-state index contributed by atoms with van der Waals surface area (Å²) in [6, 6.07) is 3.49. The van der Waals surface area contributed by atoms with Gasteiger partial charge in [0, 0.05) is 44.5 Å². The van der Waals surface area contributed by atoms with Crippen LogP contribution in [0.15, 0.2) is 24.5 Å².